The predicted octanol–water partition coefficient (Wildman–Crippen LogP) is 1.71. The quantitative estimate of drug-likeness (QED) is 0.784. The minimum atomic E-state index is -0.431. The van der Waals surface area contributed by atoms with Gasteiger partial charge in [-0.25, -0.2) is 4.98 Å². The Morgan fingerprint density at radius 1 is 1.50 bits per heavy atom. The average molecular weight is 212 g/mol. The lowest BCUT2D eigenvalue weighted by Crippen LogP contribution is -2.34. The molecule has 2 atom stereocenters. The van der Waals surface area contributed by atoms with Crippen molar-refractivity contribution in [3.05, 3.63) is 16.6 Å². The third-order valence-electron chi connectivity index (χ3n) is 2.73. The van der Waals surface area contributed by atoms with Gasteiger partial charge in [0.15, 0.2) is 0 Å². The van der Waals surface area contributed by atoms with Gasteiger partial charge in [0.25, 0.3) is 0 Å². The topological polar surface area (TPSA) is 45.2 Å². The van der Waals surface area contributed by atoms with Crippen LogP contribution >= 0.6 is 11.3 Å². The second-order valence-electron chi connectivity index (χ2n) is 3.77. The van der Waals surface area contributed by atoms with Crippen molar-refractivity contribution >= 4 is 11.3 Å². The molecular weight excluding hydrogens is 196 g/mol. The maximum absolute atomic E-state index is 10.0. The molecule has 0 radical (unpaired) electrons. The lowest BCUT2D eigenvalue weighted by Gasteiger charge is -2.20. The number of aromatic nitrogens is 1. The lowest BCUT2D eigenvalue weighted by molar-refractivity contribution is 0.123. The molecule has 0 aliphatic carbocycles. The first-order chi connectivity index (χ1) is 6.88. The number of aliphatic hydroxyl groups is 1. The van der Waals surface area contributed by atoms with Crippen molar-refractivity contribution in [2.45, 2.75) is 37.8 Å². The van der Waals surface area contributed by atoms with E-state index in [2.05, 4.69) is 10.3 Å². The minimum absolute atomic E-state index is 0.194. The molecule has 2 N–H and O–H groups in total. The fraction of sp³-hybridized carbons (Fsp3) is 0.700. The van der Waals surface area contributed by atoms with E-state index >= 15 is 0 Å². The van der Waals surface area contributed by atoms with Crippen molar-refractivity contribution < 1.29 is 5.11 Å². The summed E-state index contributed by atoms with van der Waals surface area (Å²) in [7, 11) is 0. The summed E-state index contributed by atoms with van der Waals surface area (Å²) < 4.78 is 0. The van der Waals surface area contributed by atoms with Gasteiger partial charge in [-0.1, -0.05) is 12.8 Å². The van der Waals surface area contributed by atoms with Crippen molar-refractivity contribution in [3.8, 4) is 0 Å². The Kier molecular flexibility index (Phi) is 3.50. The number of hydrogen-bond acceptors (Lipinski definition) is 4. The summed E-state index contributed by atoms with van der Waals surface area (Å²) in [4.78, 5) is 4.15. The first-order valence-electron chi connectivity index (χ1n) is 5.17. The third-order valence-corrected chi connectivity index (χ3v) is 3.34. The molecule has 0 bridgehead atoms. The lowest BCUT2D eigenvalue weighted by atomic mass is 10.0. The Morgan fingerprint density at radius 3 is 3.21 bits per heavy atom. The van der Waals surface area contributed by atoms with Crippen LogP contribution in [0.5, 0.6) is 0 Å². The summed E-state index contributed by atoms with van der Waals surface area (Å²) in [5.74, 6) is 0. The minimum Gasteiger partial charge on any atom is -0.385 e. The van der Waals surface area contributed by atoms with Gasteiger partial charge in [-0.3, -0.25) is 0 Å². The van der Waals surface area contributed by atoms with Gasteiger partial charge in [0, 0.05) is 11.4 Å². The molecule has 2 rings (SSSR count). The van der Waals surface area contributed by atoms with Crippen LogP contribution in [0.4, 0.5) is 0 Å². The summed E-state index contributed by atoms with van der Waals surface area (Å²) in [6.45, 7) is 1.02. The summed E-state index contributed by atoms with van der Waals surface area (Å²) >= 11 is 1.54. The van der Waals surface area contributed by atoms with Crippen molar-refractivity contribution in [1.29, 1.82) is 0 Å². The van der Waals surface area contributed by atoms with Crippen LogP contribution < -0.4 is 5.32 Å². The van der Waals surface area contributed by atoms with E-state index in [4.69, 9.17) is 0 Å². The van der Waals surface area contributed by atoms with E-state index in [0.717, 1.165) is 18.7 Å². The van der Waals surface area contributed by atoms with Crippen LogP contribution in [0.15, 0.2) is 10.9 Å². The van der Waals surface area contributed by atoms with Crippen LogP contribution in [0.1, 0.15) is 37.5 Å². The van der Waals surface area contributed by atoms with Crippen LogP contribution in [0, 0.1) is 0 Å². The van der Waals surface area contributed by atoms with Crippen molar-refractivity contribution in [3.63, 3.8) is 0 Å². The van der Waals surface area contributed by atoms with Gasteiger partial charge in [-0.05, 0) is 19.4 Å². The molecule has 1 aliphatic rings. The van der Waals surface area contributed by atoms with E-state index in [0.29, 0.717) is 0 Å². The molecule has 0 saturated carbocycles. The molecule has 1 saturated heterocycles. The van der Waals surface area contributed by atoms with E-state index in [-0.39, 0.29) is 6.04 Å². The molecule has 1 aromatic heterocycles. The molecular formula is C10H16N2OS. The third kappa shape index (κ3) is 2.32. The Bertz CT molecular complexity index is 255. The molecule has 0 spiro atoms. The molecule has 78 valence electrons. The maximum atomic E-state index is 10.0. The number of aliphatic hydroxyl groups excluding tert-OH is 1. The van der Waals surface area contributed by atoms with E-state index in [1.165, 1.54) is 30.6 Å². The van der Waals surface area contributed by atoms with Crippen LogP contribution in [-0.2, 0) is 0 Å². The Balaban J connectivity index is 1.99. The zero-order valence-corrected chi connectivity index (χ0v) is 8.96. The van der Waals surface area contributed by atoms with Crippen molar-refractivity contribution in [2.75, 3.05) is 6.54 Å². The molecule has 1 aromatic rings. The first kappa shape index (κ1) is 10.1. The monoisotopic (exact) mass is 212 g/mol. The Hall–Kier alpha value is -0.450. The Morgan fingerprint density at radius 2 is 2.43 bits per heavy atom. The largest absolute Gasteiger partial charge is 0.385 e. The van der Waals surface area contributed by atoms with Crippen LogP contribution in [0.25, 0.3) is 0 Å². The summed E-state index contributed by atoms with van der Waals surface area (Å²) in [6.07, 6.45) is 4.32. The first-order valence-corrected chi connectivity index (χ1v) is 6.12. The van der Waals surface area contributed by atoms with Gasteiger partial charge in [-0.15, -0.1) is 11.3 Å². The molecule has 4 heteroatoms. The highest BCUT2D eigenvalue weighted by Gasteiger charge is 2.22. The van der Waals surface area contributed by atoms with E-state index in [1.54, 1.807) is 5.51 Å². The molecule has 3 nitrogen and oxygen atoms in total. The molecule has 0 amide bonds. The smallest absolute Gasteiger partial charge is 0.112 e. The highest BCUT2D eigenvalue weighted by Crippen LogP contribution is 2.22. The zero-order chi connectivity index (χ0) is 9.80. The van der Waals surface area contributed by atoms with Crippen molar-refractivity contribution in [2.24, 2.45) is 0 Å². The number of nitrogens with one attached hydrogen (secondary N) is 1. The van der Waals surface area contributed by atoms with Crippen LogP contribution in [0.3, 0.4) is 0 Å². The number of nitrogens with zero attached hydrogens (tertiary/aromatic N) is 1. The van der Waals surface area contributed by atoms with E-state index < -0.39 is 6.10 Å². The number of hydrogen-bond donors (Lipinski definition) is 2. The normalized spacial score (nSPS) is 25.6. The van der Waals surface area contributed by atoms with Crippen LogP contribution in [0.2, 0.25) is 0 Å². The SMILES string of the molecule is OC(c1cscn1)C1CCCCCN1. The standard InChI is InChI=1S/C10H16N2OS/c13-10(9-6-14-7-12-9)8-4-2-1-3-5-11-8/h6-8,10-11,13H,1-5H2. The van der Waals surface area contributed by atoms with E-state index in [1.807, 2.05) is 5.38 Å². The fourth-order valence-electron chi connectivity index (χ4n) is 1.90. The number of thiazole rings is 1. The maximum Gasteiger partial charge on any atom is 0.112 e. The second-order valence-corrected chi connectivity index (χ2v) is 4.49. The van der Waals surface area contributed by atoms with Gasteiger partial charge in [0.05, 0.1) is 11.2 Å². The Labute approximate surface area is 88.2 Å². The highest BCUT2D eigenvalue weighted by atomic mass is 32.1. The summed E-state index contributed by atoms with van der Waals surface area (Å²) in [5, 5.41) is 15.4. The van der Waals surface area contributed by atoms with Gasteiger partial charge in [0.1, 0.15) is 6.10 Å². The molecule has 0 aromatic carbocycles. The second kappa shape index (κ2) is 4.87. The van der Waals surface area contributed by atoms with Gasteiger partial charge in [0.2, 0.25) is 0 Å². The highest BCUT2D eigenvalue weighted by molar-refractivity contribution is 7.07. The molecule has 1 aliphatic heterocycles. The average Bonchev–Trinajstić information content (AvgIpc) is 2.59. The van der Waals surface area contributed by atoms with Crippen LogP contribution in [-0.4, -0.2) is 22.7 Å². The fourth-order valence-corrected chi connectivity index (χ4v) is 2.48. The summed E-state index contributed by atoms with van der Waals surface area (Å²) in [5.41, 5.74) is 2.59. The number of rotatable bonds is 2. The van der Waals surface area contributed by atoms with Gasteiger partial charge < -0.3 is 10.4 Å². The molecule has 2 unspecified atom stereocenters. The zero-order valence-electron chi connectivity index (χ0n) is 8.15. The molecule has 1 fully saturated rings. The molecule has 2 heterocycles. The summed E-state index contributed by atoms with van der Waals surface area (Å²) in [6, 6.07) is 0.194. The molecule has 14 heavy (non-hydrogen) atoms. The van der Waals surface area contributed by atoms with Gasteiger partial charge in [-0.2, -0.15) is 0 Å². The predicted molar refractivity (Wildman–Crippen MR) is 57.3 cm³/mol. The van der Waals surface area contributed by atoms with E-state index in [9.17, 15) is 5.11 Å². The van der Waals surface area contributed by atoms with Gasteiger partial charge >= 0.3 is 0 Å². The van der Waals surface area contributed by atoms with Crippen molar-refractivity contribution in [1.82, 2.24) is 10.3 Å².